The van der Waals surface area contributed by atoms with Crippen molar-refractivity contribution in [2.75, 3.05) is 0 Å². The van der Waals surface area contributed by atoms with Gasteiger partial charge in [0.05, 0.1) is 0 Å². The van der Waals surface area contributed by atoms with E-state index in [4.69, 9.17) is 0 Å². The van der Waals surface area contributed by atoms with Gasteiger partial charge in [-0.3, -0.25) is 0 Å². The Morgan fingerprint density at radius 2 is 1.63 bits per heavy atom. The predicted octanol–water partition coefficient (Wildman–Crippen LogP) is 4.97. The average molecular weight is 248 g/mol. The van der Waals surface area contributed by atoms with Crippen LogP contribution in [0.1, 0.15) is 47.6 Å². The molecule has 19 heavy (non-hydrogen) atoms. The Morgan fingerprint density at radius 3 is 2.42 bits per heavy atom. The smallest absolute Gasteiger partial charge is 0.0281 e. The molecule has 1 atom stereocenters. The molecule has 0 heteroatoms. The molecule has 0 spiro atoms. The highest BCUT2D eigenvalue weighted by molar-refractivity contribution is 5.66. The molecule has 0 bridgehead atoms. The van der Waals surface area contributed by atoms with E-state index in [1.54, 1.807) is 0 Å². The molecule has 0 N–H and O–H groups in total. The fourth-order valence-electron chi connectivity index (χ4n) is 3.23. The standard InChI is InChI=1S/C19H20/c1-3-14-9-7-11-18(16(14)4-2)19-13-12-15-8-5-6-10-17(15)19/h5-13,19H,3-4H2,1-2H3. The third-order valence-electron chi connectivity index (χ3n) is 4.18. The molecule has 0 amide bonds. The fourth-order valence-corrected chi connectivity index (χ4v) is 3.23. The zero-order chi connectivity index (χ0) is 13.2. The minimum atomic E-state index is 0.442. The number of aryl methyl sites for hydroxylation is 1. The maximum absolute atomic E-state index is 2.35. The van der Waals surface area contributed by atoms with Crippen molar-refractivity contribution >= 4 is 6.08 Å². The van der Waals surface area contributed by atoms with Gasteiger partial charge in [0, 0.05) is 5.92 Å². The van der Waals surface area contributed by atoms with E-state index in [-0.39, 0.29) is 0 Å². The lowest BCUT2D eigenvalue weighted by Gasteiger charge is -2.18. The topological polar surface area (TPSA) is 0 Å². The molecule has 1 unspecified atom stereocenters. The first kappa shape index (κ1) is 12.2. The van der Waals surface area contributed by atoms with Gasteiger partial charge in [-0.05, 0) is 40.7 Å². The maximum Gasteiger partial charge on any atom is 0.0281 e. The molecule has 0 saturated heterocycles. The van der Waals surface area contributed by atoms with Crippen LogP contribution in [0.5, 0.6) is 0 Å². The molecule has 0 fully saturated rings. The highest BCUT2D eigenvalue weighted by atomic mass is 14.2. The highest BCUT2D eigenvalue weighted by Gasteiger charge is 2.21. The molecule has 3 rings (SSSR count). The van der Waals surface area contributed by atoms with Crippen LogP contribution >= 0.6 is 0 Å². The molecule has 0 heterocycles. The summed E-state index contributed by atoms with van der Waals surface area (Å²) in [5, 5.41) is 0. The predicted molar refractivity (Wildman–Crippen MR) is 82.5 cm³/mol. The summed E-state index contributed by atoms with van der Waals surface area (Å²) in [7, 11) is 0. The summed E-state index contributed by atoms with van der Waals surface area (Å²) in [5.41, 5.74) is 7.35. The summed E-state index contributed by atoms with van der Waals surface area (Å²) >= 11 is 0. The lowest BCUT2D eigenvalue weighted by molar-refractivity contribution is 0.951. The van der Waals surface area contributed by atoms with Crippen LogP contribution in [-0.2, 0) is 12.8 Å². The Balaban J connectivity index is 2.12. The van der Waals surface area contributed by atoms with Gasteiger partial charge < -0.3 is 0 Å². The van der Waals surface area contributed by atoms with Crippen molar-refractivity contribution < 1.29 is 0 Å². The van der Waals surface area contributed by atoms with Crippen molar-refractivity contribution in [2.24, 2.45) is 0 Å². The molecule has 2 aromatic carbocycles. The van der Waals surface area contributed by atoms with E-state index in [9.17, 15) is 0 Å². The van der Waals surface area contributed by atoms with Crippen LogP contribution in [-0.4, -0.2) is 0 Å². The van der Waals surface area contributed by atoms with Crippen molar-refractivity contribution in [3.8, 4) is 0 Å². The summed E-state index contributed by atoms with van der Waals surface area (Å²) in [5.74, 6) is 0.442. The summed E-state index contributed by atoms with van der Waals surface area (Å²) in [4.78, 5) is 0. The van der Waals surface area contributed by atoms with Crippen molar-refractivity contribution in [1.82, 2.24) is 0 Å². The molecule has 2 aromatic rings. The molecule has 0 radical (unpaired) electrons. The van der Waals surface area contributed by atoms with Crippen LogP contribution < -0.4 is 0 Å². The van der Waals surface area contributed by atoms with Crippen molar-refractivity contribution in [1.29, 1.82) is 0 Å². The number of hydrogen-bond acceptors (Lipinski definition) is 0. The van der Waals surface area contributed by atoms with Gasteiger partial charge in [0.25, 0.3) is 0 Å². The Hall–Kier alpha value is -1.82. The average Bonchev–Trinajstić information content (AvgIpc) is 2.90. The number of hydrogen-bond donors (Lipinski definition) is 0. The zero-order valence-corrected chi connectivity index (χ0v) is 11.7. The number of fused-ring (bicyclic) bond motifs is 1. The van der Waals surface area contributed by atoms with Crippen LogP contribution in [0.4, 0.5) is 0 Å². The minimum Gasteiger partial charge on any atom is -0.0720 e. The third kappa shape index (κ3) is 2.02. The van der Waals surface area contributed by atoms with E-state index in [1.807, 2.05) is 0 Å². The van der Waals surface area contributed by atoms with Gasteiger partial charge in [0.15, 0.2) is 0 Å². The summed E-state index contributed by atoms with van der Waals surface area (Å²) in [6.07, 6.45) is 6.84. The van der Waals surface area contributed by atoms with E-state index in [0.717, 1.165) is 12.8 Å². The second-order valence-corrected chi connectivity index (χ2v) is 5.16. The molecule has 0 saturated carbocycles. The number of rotatable bonds is 3. The second-order valence-electron chi connectivity index (χ2n) is 5.16. The SMILES string of the molecule is CCc1cccc(C2C=Cc3ccccc32)c1CC. The first-order chi connectivity index (χ1) is 9.35. The van der Waals surface area contributed by atoms with Crippen LogP contribution in [0.25, 0.3) is 6.08 Å². The van der Waals surface area contributed by atoms with Gasteiger partial charge >= 0.3 is 0 Å². The Morgan fingerprint density at radius 1 is 0.842 bits per heavy atom. The van der Waals surface area contributed by atoms with Gasteiger partial charge in [-0.15, -0.1) is 0 Å². The van der Waals surface area contributed by atoms with Gasteiger partial charge in [-0.2, -0.15) is 0 Å². The fraction of sp³-hybridized carbons (Fsp3) is 0.263. The molecule has 0 aliphatic heterocycles. The molecule has 96 valence electrons. The number of allylic oxidation sites excluding steroid dienone is 1. The minimum absolute atomic E-state index is 0.442. The first-order valence-corrected chi connectivity index (χ1v) is 7.23. The lowest BCUT2D eigenvalue weighted by atomic mass is 9.86. The summed E-state index contributed by atoms with van der Waals surface area (Å²) in [6, 6.07) is 15.5. The largest absolute Gasteiger partial charge is 0.0720 e. The molecule has 0 aromatic heterocycles. The van der Waals surface area contributed by atoms with E-state index < -0.39 is 0 Å². The van der Waals surface area contributed by atoms with E-state index >= 15 is 0 Å². The lowest BCUT2D eigenvalue weighted by Crippen LogP contribution is -2.03. The Bertz CT molecular complexity index is 620. The van der Waals surface area contributed by atoms with Crippen molar-refractivity contribution in [2.45, 2.75) is 32.6 Å². The summed E-state index contributed by atoms with van der Waals surface area (Å²) in [6.45, 7) is 4.51. The van der Waals surface area contributed by atoms with E-state index in [2.05, 4.69) is 68.5 Å². The Labute approximate surface area is 115 Å². The van der Waals surface area contributed by atoms with Gasteiger partial charge in [0.1, 0.15) is 0 Å². The van der Waals surface area contributed by atoms with Crippen LogP contribution in [0, 0.1) is 0 Å². The first-order valence-electron chi connectivity index (χ1n) is 7.23. The molecular formula is C19H20. The van der Waals surface area contributed by atoms with Crippen LogP contribution in [0.15, 0.2) is 48.5 Å². The van der Waals surface area contributed by atoms with Gasteiger partial charge in [-0.25, -0.2) is 0 Å². The monoisotopic (exact) mass is 248 g/mol. The van der Waals surface area contributed by atoms with E-state index in [0.29, 0.717) is 5.92 Å². The Kier molecular flexibility index (Phi) is 3.25. The number of benzene rings is 2. The third-order valence-corrected chi connectivity index (χ3v) is 4.18. The quantitative estimate of drug-likeness (QED) is 0.719. The summed E-state index contributed by atoms with van der Waals surface area (Å²) < 4.78 is 0. The second kappa shape index (κ2) is 5.05. The maximum atomic E-state index is 2.35. The van der Waals surface area contributed by atoms with E-state index in [1.165, 1.54) is 27.8 Å². The van der Waals surface area contributed by atoms with Crippen molar-refractivity contribution in [3.63, 3.8) is 0 Å². The highest BCUT2D eigenvalue weighted by Crippen LogP contribution is 2.37. The van der Waals surface area contributed by atoms with Crippen LogP contribution in [0.2, 0.25) is 0 Å². The van der Waals surface area contributed by atoms with Gasteiger partial charge in [-0.1, -0.05) is 68.5 Å². The molecular weight excluding hydrogens is 228 g/mol. The van der Waals surface area contributed by atoms with Crippen LogP contribution in [0.3, 0.4) is 0 Å². The molecule has 1 aliphatic carbocycles. The van der Waals surface area contributed by atoms with Gasteiger partial charge in [0.2, 0.25) is 0 Å². The zero-order valence-electron chi connectivity index (χ0n) is 11.7. The molecule has 0 nitrogen and oxygen atoms in total. The normalized spacial score (nSPS) is 16.6. The van der Waals surface area contributed by atoms with Crippen molar-refractivity contribution in [3.05, 3.63) is 76.4 Å². The molecule has 1 aliphatic rings.